The summed E-state index contributed by atoms with van der Waals surface area (Å²) in [5, 5.41) is 5.10. The number of nitrogens with one attached hydrogen (secondary N) is 2. The van der Waals surface area contributed by atoms with Gasteiger partial charge in [0.25, 0.3) is 6.43 Å². The predicted octanol–water partition coefficient (Wildman–Crippen LogP) is 3.15. The zero-order chi connectivity index (χ0) is 21.8. The second kappa shape index (κ2) is 9.10. The van der Waals surface area contributed by atoms with Gasteiger partial charge in [0.2, 0.25) is 21.8 Å². The van der Waals surface area contributed by atoms with Gasteiger partial charge in [0, 0.05) is 30.9 Å². The van der Waals surface area contributed by atoms with Gasteiger partial charge in [-0.1, -0.05) is 12.1 Å². The summed E-state index contributed by atoms with van der Waals surface area (Å²) in [7, 11) is -2.96. The molecule has 10 heteroatoms. The number of amides is 2. The molecule has 2 aromatic rings. The number of hydrogen-bond acceptors (Lipinski definition) is 4. The maximum absolute atomic E-state index is 13.0. The molecule has 0 heterocycles. The minimum Gasteiger partial charge on any atom is -0.326 e. The first-order valence-electron chi connectivity index (χ1n) is 8.52. The molecule has 0 saturated heterocycles. The summed E-state index contributed by atoms with van der Waals surface area (Å²) < 4.78 is 52.1. The topological polar surface area (TPSA) is 95.6 Å². The molecule has 156 valence electrons. The number of likely N-dealkylation sites (N-methyl/N-ethyl adjacent to an activating group) is 1. The number of anilines is 2. The molecule has 2 N–H and O–H groups in total. The third-order valence-electron chi connectivity index (χ3n) is 3.87. The molecule has 0 unspecified atom stereocenters. The molecule has 0 spiro atoms. The maximum Gasteiger partial charge on any atom is 0.263 e. The molecule has 0 aliphatic rings. The van der Waals surface area contributed by atoms with Crippen LogP contribution in [0.3, 0.4) is 0 Å². The van der Waals surface area contributed by atoms with Crippen LogP contribution in [0.25, 0.3) is 0 Å². The number of carbonyl (C=O) groups is 2. The molecule has 0 aromatic heterocycles. The van der Waals surface area contributed by atoms with E-state index in [0.29, 0.717) is 16.9 Å². The van der Waals surface area contributed by atoms with Crippen molar-refractivity contribution in [1.29, 1.82) is 0 Å². The van der Waals surface area contributed by atoms with Crippen LogP contribution >= 0.6 is 0 Å². The van der Waals surface area contributed by atoms with Gasteiger partial charge in [-0.3, -0.25) is 9.59 Å². The van der Waals surface area contributed by atoms with Crippen LogP contribution in [-0.2, 0) is 19.6 Å². The van der Waals surface area contributed by atoms with Crippen LogP contribution in [0.15, 0.2) is 47.4 Å². The highest BCUT2D eigenvalue weighted by molar-refractivity contribution is 7.89. The van der Waals surface area contributed by atoms with Gasteiger partial charge in [0.1, 0.15) is 0 Å². The van der Waals surface area contributed by atoms with E-state index in [4.69, 9.17) is 0 Å². The standard InChI is InChI=1S/C19H21F2N3O4S/c1-12-7-14(19(20)21)9-17(8-12)29(27,28)24(3)11-18(26)23-16-6-4-5-15(10-16)22-13(2)25/h4-10,19H,11H2,1-3H3,(H,22,25)(H,23,26). The molecular weight excluding hydrogens is 404 g/mol. The summed E-state index contributed by atoms with van der Waals surface area (Å²) >= 11 is 0. The van der Waals surface area contributed by atoms with Crippen molar-refractivity contribution in [2.45, 2.75) is 25.2 Å². The van der Waals surface area contributed by atoms with E-state index in [1.165, 1.54) is 39.1 Å². The average Bonchev–Trinajstić information content (AvgIpc) is 2.60. The van der Waals surface area contributed by atoms with Gasteiger partial charge in [-0.15, -0.1) is 0 Å². The first-order chi connectivity index (χ1) is 13.5. The SMILES string of the molecule is CC(=O)Nc1cccc(NC(=O)CN(C)S(=O)(=O)c2cc(C)cc(C(F)F)c2)c1. The van der Waals surface area contributed by atoms with Gasteiger partial charge in [-0.2, -0.15) is 4.31 Å². The normalized spacial score (nSPS) is 11.6. The van der Waals surface area contributed by atoms with E-state index in [0.717, 1.165) is 10.4 Å². The van der Waals surface area contributed by atoms with Crippen LogP contribution in [0.1, 0.15) is 24.5 Å². The van der Waals surface area contributed by atoms with Crippen molar-refractivity contribution in [3.63, 3.8) is 0 Å². The number of aryl methyl sites for hydroxylation is 1. The van der Waals surface area contributed by atoms with Crippen molar-refractivity contribution >= 4 is 33.2 Å². The summed E-state index contributed by atoms with van der Waals surface area (Å²) in [4.78, 5) is 23.1. The van der Waals surface area contributed by atoms with E-state index < -0.39 is 34.5 Å². The van der Waals surface area contributed by atoms with E-state index in [1.54, 1.807) is 18.2 Å². The van der Waals surface area contributed by atoms with Crippen molar-refractivity contribution in [2.24, 2.45) is 0 Å². The van der Waals surface area contributed by atoms with Crippen molar-refractivity contribution < 1.29 is 26.8 Å². The number of hydrogen-bond donors (Lipinski definition) is 2. The maximum atomic E-state index is 13.0. The molecule has 0 aliphatic heterocycles. The molecule has 29 heavy (non-hydrogen) atoms. The smallest absolute Gasteiger partial charge is 0.263 e. The minimum absolute atomic E-state index is 0.277. The second-order valence-corrected chi connectivity index (χ2v) is 8.50. The molecule has 0 saturated carbocycles. The van der Waals surface area contributed by atoms with Crippen LogP contribution in [0.5, 0.6) is 0 Å². The number of nitrogens with zero attached hydrogens (tertiary/aromatic N) is 1. The largest absolute Gasteiger partial charge is 0.326 e. The molecule has 0 fully saturated rings. The molecular formula is C19H21F2N3O4S. The van der Waals surface area contributed by atoms with Gasteiger partial charge in [0.15, 0.2) is 0 Å². The molecule has 7 nitrogen and oxygen atoms in total. The first-order valence-corrected chi connectivity index (χ1v) is 9.96. The van der Waals surface area contributed by atoms with Crippen molar-refractivity contribution in [2.75, 3.05) is 24.2 Å². The fraction of sp³-hybridized carbons (Fsp3) is 0.263. The highest BCUT2D eigenvalue weighted by Crippen LogP contribution is 2.25. The third kappa shape index (κ3) is 6.06. The quantitative estimate of drug-likeness (QED) is 0.712. The molecule has 2 aromatic carbocycles. The number of sulfonamides is 1. The minimum atomic E-state index is -4.15. The summed E-state index contributed by atoms with van der Waals surface area (Å²) in [5.41, 5.74) is 0.795. The average molecular weight is 425 g/mol. The Kier molecular flexibility index (Phi) is 7.04. The highest BCUT2D eigenvalue weighted by atomic mass is 32.2. The Morgan fingerprint density at radius 2 is 1.69 bits per heavy atom. The van der Waals surface area contributed by atoms with Crippen molar-refractivity contribution in [3.05, 3.63) is 53.6 Å². The number of halogens is 2. The molecule has 0 atom stereocenters. The van der Waals surface area contributed by atoms with Gasteiger partial charge in [-0.05, 0) is 42.8 Å². The van der Waals surface area contributed by atoms with E-state index in [1.807, 2.05) is 0 Å². The summed E-state index contributed by atoms with van der Waals surface area (Å²) in [6.07, 6.45) is -2.81. The third-order valence-corrected chi connectivity index (χ3v) is 5.65. The lowest BCUT2D eigenvalue weighted by Gasteiger charge is -2.18. The lowest BCUT2D eigenvalue weighted by molar-refractivity contribution is -0.116. The van der Waals surface area contributed by atoms with E-state index >= 15 is 0 Å². The molecule has 2 amide bonds. The monoisotopic (exact) mass is 425 g/mol. The summed E-state index contributed by atoms with van der Waals surface area (Å²) in [6.45, 7) is 2.33. The highest BCUT2D eigenvalue weighted by Gasteiger charge is 2.25. The number of alkyl halides is 2. The lowest BCUT2D eigenvalue weighted by Crippen LogP contribution is -2.35. The van der Waals surface area contributed by atoms with Crippen molar-refractivity contribution in [1.82, 2.24) is 4.31 Å². The Labute approximate surface area is 167 Å². The molecule has 2 rings (SSSR count). The van der Waals surface area contributed by atoms with Gasteiger partial charge < -0.3 is 10.6 Å². The Bertz CT molecular complexity index is 1030. The zero-order valence-electron chi connectivity index (χ0n) is 16.1. The van der Waals surface area contributed by atoms with Crippen LogP contribution in [0.2, 0.25) is 0 Å². The van der Waals surface area contributed by atoms with Crippen LogP contribution in [-0.4, -0.2) is 38.1 Å². The number of benzene rings is 2. The van der Waals surface area contributed by atoms with Gasteiger partial charge in [0.05, 0.1) is 11.4 Å². The van der Waals surface area contributed by atoms with Crippen LogP contribution < -0.4 is 10.6 Å². The Hall–Kier alpha value is -2.85. The van der Waals surface area contributed by atoms with Crippen LogP contribution in [0.4, 0.5) is 20.2 Å². The zero-order valence-corrected chi connectivity index (χ0v) is 16.9. The number of carbonyl (C=O) groups excluding carboxylic acids is 2. The van der Waals surface area contributed by atoms with Gasteiger partial charge >= 0.3 is 0 Å². The van der Waals surface area contributed by atoms with Gasteiger partial charge in [-0.25, -0.2) is 17.2 Å². The van der Waals surface area contributed by atoms with Crippen LogP contribution in [0, 0.1) is 6.92 Å². The second-order valence-electron chi connectivity index (χ2n) is 6.45. The Morgan fingerprint density at radius 3 is 2.28 bits per heavy atom. The molecule has 0 bridgehead atoms. The number of rotatable bonds is 7. The van der Waals surface area contributed by atoms with E-state index in [9.17, 15) is 26.8 Å². The van der Waals surface area contributed by atoms with Crippen molar-refractivity contribution in [3.8, 4) is 0 Å². The van der Waals surface area contributed by atoms with E-state index in [-0.39, 0.29) is 10.8 Å². The summed E-state index contributed by atoms with van der Waals surface area (Å²) in [5.74, 6) is -0.904. The fourth-order valence-corrected chi connectivity index (χ4v) is 3.86. The fourth-order valence-electron chi connectivity index (χ4n) is 2.60. The summed E-state index contributed by atoms with van der Waals surface area (Å²) in [6, 6.07) is 9.71. The predicted molar refractivity (Wildman–Crippen MR) is 105 cm³/mol. The molecule has 0 aliphatic carbocycles. The Morgan fingerprint density at radius 1 is 1.07 bits per heavy atom. The lowest BCUT2D eigenvalue weighted by atomic mass is 10.1. The molecule has 0 radical (unpaired) electrons. The first kappa shape index (κ1) is 22.4. The Balaban J connectivity index is 2.14. The van der Waals surface area contributed by atoms with E-state index in [2.05, 4.69) is 10.6 Å².